The van der Waals surface area contributed by atoms with E-state index in [4.69, 9.17) is 9.84 Å². The van der Waals surface area contributed by atoms with E-state index in [0.29, 0.717) is 4.88 Å². The van der Waals surface area contributed by atoms with Crippen LogP contribution in [0.2, 0.25) is 0 Å². The number of thiazole rings is 1. The number of carbonyl (C=O) groups excluding carboxylic acids is 2. The molecular formula is C14H18N2O5S. The van der Waals surface area contributed by atoms with Gasteiger partial charge in [-0.25, -0.2) is 9.78 Å². The van der Waals surface area contributed by atoms with Gasteiger partial charge < -0.3 is 15.2 Å². The predicted octanol–water partition coefficient (Wildman–Crippen LogP) is 1.92. The Balaban J connectivity index is 2.09. The van der Waals surface area contributed by atoms with Gasteiger partial charge in [0.25, 0.3) is 0 Å². The Bertz CT molecular complexity index is 637. The van der Waals surface area contributed by atoms with Crippen LogP contribution in [0.25, 0.3) is 0 Å². The van der Waals surface area contributed by atoms with Gasteiger partial charge in [0, 0.05) is 4.88 Å². The molecule has 0 radical (unpaired) electrons. The van der Waals surface area contributed by atoms with Gasteiger partial charge in [0.05, 0.1) is 18.4 Å². The van der Waals surface area contributed by atoms with Crippen molar-refractivity contribution in [2.24, 2.45) is 17.3 Å². The smallest absolute Gasteiger partial charge is 0.358 e. The molecule has 120 valence electrons. The van der Waals surface area contributed by atoms with Crippen LogP contribution in [0.15, 0.2) is 0 Å². The molecule has 2 rings (SSSR count). The summed E-state index contributed by atoms with van der Waals surface area (Å²) in [5, 5.41) is 12.0. The molecular weight excluding hydrogens is 308 g/mol. The Hall–Kier alpha value is -1.96. The number of rotatable bonds is 5. The molecule has 2 N–H and O–H groups in total. The summed E-state index contributed by atoms with van der Waals surface area (Å²) in [6.45, 7) is 7.14. The number of ether oxygens (including phenoxy) is 1. The number of aromatic nitrogens is 1. The van der Waals surface area contributed by atoms with Crippen molar-refractivity contribution >= 4 is 34.3 Å². The van der Waals surface area contributed by atoms with Gasteiger partial charge in [-0.2, -0.15) is 0 Å². The van der Waals surface area contributed by atoms with Gasteiger partial charge in [0.15, 0.2) is 10.8 Å². The number of carboxylic acid groups (broad SMARTS) is 1. The average Bonchev–Trinajstić information content (AvgIpc) is 2.80. The Labute approximate surface area is 131 Å². The van der Waals surface area contributed by atoms with Crippen LogP contribution in [0.4, 0.5) is 5.13 Å². The summed E-state index contributed by atoms with van der Waals surface area (Å²) in [6, 6.07) is 0. The second-order valence-corrected chi connectivity index (χ2v) is 6.95. The molecule has 8 heteroatoms. The summed E-state index contributed by atoms with van der Waals surface area (Å²) >= 11 is 1.16. The number of hydrogen-bond acceptors (Lipinski definition) is 6. The lowest BCUT2D eigenvalue weighted by Crippen LogP contribution is -2.17. The highest BCUT2D eigenvalue weighted by molar-refractivity contribution is 7.16. The molecule has 1 heterocycles. The van der Waals surface area contributed by atoms with Crippen LogP contribution in [0.1, 0.15) is 36.1 Å². The van der Waals surface area contributed by atoms with E-state index in [1.165, 1.54) is 0 Å². The third kappa shape index (κ3) is 2.83. The molecule has 0 aromatic carbocycles. The molecule has 1 amide bonds. The Morgan fingerprint density at radius 1 is 1.36 bits per heavy atom. The summed E-state index contributed by atoms with van der Waals surface area (Å²) in [5.74, 6) is -3.19. The zero-order valence-corrected chi connectivity index (χ0v) is 13.6. The number of aliphatic carboxylic acids is 1. The number of nitrogens with one attached hydrogen (secondary N) is 1. The number of hydrogen-bond donors (Lipinski definition) is 2. The third-order valence-electron chi connectivity index (χ3n) is 3.87. The fourth-order valence-electron chi connectivity index (χ4n) is 2.61. The molecule has 2 atom stereocenters. The van der Waals surface area contributed by atoms with E-state index in [9.17, 15) is 14.4 Å². The summed E-state index contributed by atoms with van der Waals surface area (Å²) in [7, 11) is 0. The van der Waals surface area contributed by atoms with Gasteiger partial charge in [-0.3, -0.25) is 9.59 Å². The minimum atomic E-state index is -0.979. The normalized spacial score (nSPS) is 22.0. The lowest BCUT2D eigenvalue weighted by molar-refractivity contribution is -0.140. The molecule has 7 nitrogen and oxygen atoms in total. The molecule has 0 spiro atoms. The highest BCUT2D eigenvalue weighted by Gasteiger charge is 2.66. The fourth-order valence-corrected chi connectivity index (χ4v) is 3.41. The number of nitrogens with zero attached hydrogens (tertiary/aromatic N) is 1. The number of carboxylic acids is 1. The van der Waals surface area contributed by atoms with E-state index < -0.39 is 29.2 Å². The number of aryl methyl sites for hydroxylation is 1. The van der Waals surface area contributed by atoms with Crippen molar-refractivity contribution in [1.29, 1.82) is 0 Å². The van der Waals surface area contributed by atoms with Gasteiger partial charge >= 0.3 is 11.9 Å². The van der Waals surface area contributed by atoms with Gasteiger partial charge in [0.1, 0.15) is 0 Å². The molecule has 0 aliphatic heterocycles. The van der Waals surface area contributed by atoms with E-state index in [1.807, 2.05) is 0 Å². The largest absolute Gasteiger partial charge is 0.481 e. The zero-order valence-electron chi connectivity index (χ0n) is 12.8. The Morgan fingerprint density at radius 3 is 2.50 bits per heavy atom. The summed E-state index contributed by atoms with van der Waals surface area (Å²) in [6.07, 6.45) is 0. The van der Waals surface area contributed by atoms with Crippen LogP contribution >= 0.6 is 11.3 Å². The first-order valence-corrected chi connectivity index (χ1v) is 7.70. The Morgan fingerprint density at radius 2 is 2.00 bits per heavy atom. The maximum Gasteiger partial charge on any atom is 0.358 e. The third-order valence-corrected chi connectivity index (χ3v) is 4.76. The van der Waals surface area contributed by atoms with Crippen molar-refractivity contribution < 1.29 is 24.2 Å². The minimum Gasteiger partial charge on any atom is -0.481 e. The monoisotopic (exact) mass is 326 g/mol. The number of carbonyl (C=O) groups is 3. The second-order valence-electron chi connectivity index (χ2n) is 5.75. The number of anilines is 1. The first-order valence-electron chi connectivity index (χ1n) is 6.88. The lowest BCUT2D eigenvalue weighted by Gasteiger charge is -2.02. The topological polar surface area (TPSA) is 106 Å². The number of amides is 1. The molecule has 1 aliphatic rings. The van der Waals surface area contributed by atoms with E-state index in [2.05, 4.69) is 10.3 Å². The van der Waals surface area contributed by atoms with Crippen molar-refractivity contribution in [1.82, 2.24) is 4.98 Å². The number of esters is 1. The molecule has 1 aromatic heterocycles. The van der Waals surface area contributed by atoms with Gasteiger partial charge in [-0.15, -0.1) is 11.3 Å². The Kier molecular flexibility index (Phi) is 4.23. The van der Waals surface area contributed by atoms with Crippen LogP contribution in [0, 0.1) is 24.2 Å². The average molecular weight is 326 g/mol. The van der Waals surface area contributed by atoms with Crippen molar-refractivity contribution in [3.63, 3.8) is 0 Å². The van der Waals surface area contributed by atoms with E-state index in [-0.39, 0.29) is 23.3 Å². The molecule has 1 saturated carbocycles. The van der Waals surface area contributed by atoms with Crippen LogP contribution in [-0.2, 0) is 14.3 Å². The quantitative estimate of drug-likeness (QED) is 0.801. The maximum atomic E-state index is 12.2. The summed E-state index contributed by atoms with van der Waals surface area (Å²) < 4.78 is 4.88. The SMILES string of the molecule is CCOC(=O)c1nc(NC(=O)[C@@H]2[C@H](C(=O)O)C2(C)C)sc1C. The fraction of sp³-hybridized carbons (Fsp3) is 0.571. The van der Waals surface area contributed by atoms with E-state index in [0.717, 1.165) is 11.3 Å². The molecule has 22 heavy (non-hydrogen) atoms. The highest BCUT2D eigenvalue weighted by atomic mass is 32.1. The van der Waals surface area contributed by atoms with Crippen molar-refractivity contribution in [3.05, 3.63) is 10.6 Å². The van der Waals surface area contributed by atoms with Gasteiger partial charge in [0.2, 0.25) is 5.91 Å². The molecule has 0 unspecified atom stereocenters. The molecule has 0 saturated heterocycles. The van der Waals surface area contributed by atoms with Crippen LogP contribution in [-0.4, -0.2) is 34.5 Å². The minimum absolute atomic E-state index is 0.173. The van der Waals surface area contributed by atoms with Crippen molar-refractivity contribution in [2.45, 2.75) is 27.7 Å². The predicted molar refractivity (Wildman–Crippen MR) is 79.8 cm³/mol. The van der Waals surface area contributed by atoms with Gasteiger partial charge in [-0.05, 0) is 19.3 Å². The first-order chi connectivity index (χ1) is 10.2. The van der Waals surface area contributed by atoms with E-state index in [1.54, 1.807) is 27.7 Å². The summed E-state index contributed by atoms with van der Waals surface area (Å²) in [4.78, 5) is 39.7. The standard InChI is InChI=1S/C14H18N2O5S/c1-5-21-12(20)9-6(2)22-13(15-9)16-10(17)7-8(11(18)19)14(7,3)4/h7-8H,5H2,1-4H3,(H,18,19)(H,15,16,17)/t7-,8+/m0/s1. The maximum absolute atomic E-state index is 12.2. The van der Waals surface area contributed by atoms with Crippen LogP contribution < -0.4 is 5.32 Å². The second kappa shape index (κ2) is 5.68. The molecule has 1 fully saturated rings. The van der Waals surface area contributed by atoms with Crippen molar-refractivity contribution in [2.75, 3.05) is 11.9 Å². The lowest BCUT2D eigenvalue weighted by atomic mass is 10.1. The molecule has 1 aliphatic carbocycles. The highest BCUT2D eigenvalue weighted by Crippen LogP contribution is 2.58. The van der Waals surface area contributed by atoms with Crippen LogP contribution in [0.3, 0.4) is 0 Å². The zero-order chi connectivity index (χ0) is 16.7. The molecule has 0 bridgehead atoms. The van der Waals surface area contributed by atoms with Crippen LogP contribution in [0.5, 0.6) is 0 Å². The van der Waals surface area contributed by atoms with E-state index >= 15 is 0 Å². The summed E-state index contributed by atoms with van der Waals surface area (Å²) in [5.41, 5.74) is -0.404. The first kappa shape index (κ1) is 16.4. The molecule has 1 aromatic rings. The van der Waals surface area contributed by atoms with Crippen molar-refractivity contribution in [3.8, 4) is 0 Å². The van der Waals surface area contributed by atoms with Gasteiger partial charge in [-0.1, -0.05) is 13.8 Å².